The van der Waals surface area contributed by atoms with Gasteiger partial charge in [0.2, 0.25) is 0 Å². The zero-order valence-electron chi connectivity index (χ0n) is 16.0. The molecule has 2 aromatic heterocycles. The fraction of sp³-hybridized carbons (Fsp3) is 0.368. The van der Waals surface area contributed by atoms with Gasteiger partial charge in [-0.2, -0.15) is 5.10 Å². The monoisotopic (exact) mass is 419 g/mol. The van der Waals surface area contributed by atoms with Crippen LogP contribution in [0.25, 0.3) is 11.3 Å². The summed E-state index contributed by atoms with van der Waals surface area (Å²) in [6, 6.07) is 5.18. The lowest BCUT2D eigenvalue weighted by molar-refractivity contribution is 0.0948. The lowest BCUT2D eigenvalue weighted by Crippen LogP contribution is -2.26. The second-order valence-corrected chi connectivity index (χ2v) is 6.40. The number of carbonyl (C=O) groups excluding carboxylic acids is 1. The van der Waals surface area contributed by atoms with Crippen molar-refractivity contribution in [2.24, 2.45) is 0 Å². The largest absolute Gasteiger partial charge is 0.490 e. The quantitative estimate of drug-likeness (QED) is 0.476. The molecule has 0 aliphatic carbocycles. The smallest absolute Gasteiger partial charge is 0.273 e. The highest BCUT2D eigenvalue weighted by Crippen LogP contribution is 2.31. The van der Waals surface area contributed by atoms with E-state index in [1.165, 1.54) is 12.7 Å². The Bertz CT molecular complexity index is 913. The maximum absolute atomic E-state index is 12.5. The van der Waals surface area contributed by atoms with Gasteiger partial charge in [0.15, 0.2) is 17.8 Å². The van der Waals surface area contributed by atoms with Crippen molar-refractivity contribution in [2.75, 3.05) is 26.4 Å². The van der Waals surface area contributed by atoms with E-state index in [9.17, 15) is 4.79 Å². The molecule has 0 bridgehead atoms. The summed E-state index contributed by atoms with van der Waals surface area (Å²) in [6.45, 7) is 4.57. The van der Waals surface area contributed by atoms with Crippen molar-refractivity contribution in [3.63, 3.8) is 0 Å². The number of hydrogen-bond donors (Lipinski definition) is 1. The van der Waals surface area contributed by atoms with Gasteiger partial charge in [-0.3, -0.25) is 9.48 Å². The zero-order valence-corrected chi connectivity index (χ0v) is 16.8. The van der Waals surface area contributed by atoms with Gasteiger partial charge in [0.05, 0.1) is 11.6 Å². The summed E-state index contributed by atoms with van der Waals surface area (Å²) < 4.78 is 18.0. The molecule has 0 spiro atoms. The van der Waals surface area contributed by atoms with Gasteiger partial charge in [-0.15, -0.1) is 0 Å². The highest BCUT2D eigenvalue weighted by atomic mass is 35.5. The minimum atomic E-state index is -0.319. The Balaban J connectivity index is 1.58. The number of hydrogen-bond acceptors (Lipinski definition) is 7. The molecular formula is C19H22ClN5O4. The minimum Gasteiger partial charge on any atom is -0.490 e. The molecule has 3 aromatic rings. The molecule has 2 heterocycles. The molecular weight excluding hydrogens is 398 g/mol. The molecule has 10 heteroatoms. The average molecular weight is 420 g/mol. The lowest BCUT2D eigenvalue weighted by atomic mass is 10.1. The van der Waals surface area contributed by atoms with E-state index < -0.39 is 0 Å². The lowest BCUT2D eigenvalue weighted by Gasteiger charge is -2.09. The summed E-state index contributed by atoms with van der Waals surface area (Å²) >= 11 is 6.30. The summed E-state index contributed by atoms with van der Waals surface area (Å²) in [5, 5.41) is 7.26. The Kier molecular flexibility index (Phi) is 7.60. The zero-order chi connectivity index (χ0) is 20.5. The number of nitrogens with one attached hydrogen (secondary N) is 1. The van der Waals surface area contributed by atoms with Crippen LogP contribution in [0.2, 0.25) is 5.02 Å². The number of benzene rings is 1. The third-order valence-corrected chi connectivity index (χ3v) is 4.28. The van der Waals surface area contributed by atoms with Crippen LogP contribution in [0.3, 0.4) is 0 Å². The molecule has 0 saturated carbocycles. The van der Waals surface area contributed by atoms with Crippen LogP contribution in [0, 0.1) is 0 Å². The molecule has 0 fully saturated rings. The van der Waals surface area contributed by atoms with E-state index in [-0.39, 0.29) is 11.6 Å². The molecule has 9 nitrogen and oxygen atoms in total. The maximum atomic E-state index is 12.5. The van der Waals surface area contributed by atoms with Crippen LogP contribution in [0.4, 0.5) is 0 Å². The molecule has 0 atom stereocenters. The third-order valence-electron chi connectivity index (χ3n) is 3.98. The van der Waals surface area contributed by atoms with Gasteiger partial charge in [0, 0.05) is 25.3 Å². The standard InChI is InChI=1S/C19H22ClN5O4/c1-2-27-8-9-28-16-5-4-14(10-15(16)20)18-17(23-13-29-18)19(26)22-6-3-7-25-12-21-11-24-25/h4-5,10-13H,2-3,6-9H2,1H3,(H,22,26). The molecule has 0 aliphatic heterocycles. The molecule has 3 rings (SSSR count). The highest BCUT2D eigenvalue weighted by Gasteiger charge is 2.19. The van der Waals surface area contributed by atoms with Crippen molar-refractivity contribution in [1.29, 1.82) is 0 Å². The van der Waals surface area contributed by atoms with E-state index in [0.29, 0.717) is 61.4 Å². The van der Waals surface area contributed by atoms with E-state index in [1.54, 1.807) is 29.2 Å². The number of oxazole rings is 1. The number of rotatable bonds is 11. The number of ether oxygens (including phenoxy) is 2. The third kappa shape index (κ3) is 5.78. The first kappa shape index (κ1) is 20.8. The minimum absolute atomic E-state index is 0.201. The molecule has 0 aliphatic rings. The summed E-state index contributed by atoms with van der Waals surface area (Å²) in [5.74, 6) is 0.566. The molecule has 0 unspecified atom stereocenters. The van der Waals surface area contributed by atoms with E-state index >= 15 is 0 Å². The average Bonchev–Trinajstić information content (AvgIpc) is 3.41. The number of halogens is 1. The SMILES string of the molecule is CCOCCOc1ccc(-c2ocnc2C(=O)NCCCn2cncn2)cc1Cl. The molecule has 0 radical (unpaired) electrons. The summed E-state index contributed by atoms with van der Waals surface area (Å²) in [6.07, 6.45) is 5.05. The van der Waals surface area contributed by atoms with Crippen molar-refractivity contribution in [1.82, 2.24) is 25.1 Å². The van der Waals surface area contributed by atoms with Crippen LogP contribution >= 0.6 is 11.6 Å². The van der Waals surface area contributed by atoms with Gasteiger partial charge in [-0.05, 0) is 31.5 Å². The fourth-order valence-corrected chi connectivity index (χ4v) is 2.84. The van der Waals surface area contributed by atoms with Crippen molar-refractivity contribution < 1.29 is 18.7 Å². The number of carbonyl (C=O) groups is 1. The van der Waals surface area contributed by atoms with Gasteiger partial charge in [-0.1, -0.05) is 11.6 Å². The van der Waals surface area contributed by atoms with Crippen LogP contribution in [0.15, 0.2) is 41.7 Å². The van der Waals surface area contributed by atoms with Crippen molar-refractivity contribution >= 4 is 17.5 Å². The van der Waals surface area contributed by atoms with Gasteiger partial charge < -0.3 is 19.2 Å². The van der Waals surface area contributed by atoms with Crippen LogP contribution in [0.1, 0.15) is 23.8 Å². The number of nitrogens with zero attached hydrogens (tertiary/aromatic N) is 4. The topological polar surface area (TPSA) is 104 Å². The van der Waals surface area contributed by atoms with E-state index in [1.807, 2.05) is 6.92 Å². The molecule has 154 valence electrons. The Morgan fingerprint density at radius 1 is 1.34 bits per heavy atom. The predicted octanol–water partition coefficient (Wildman–Crippen LogP) is 2.82. The Morgan fingerprint density at radius 3 is 3.00 bits per heavy atom. The Morgan fingerprint density at radius 2 is 2.24 bits per heavy atom. The predicted molar refractivity (Wildman–Crippen MR) is 106 cm³/mol. The van der Waals surface area contributed by atoms with Gasteiger partial charge in [-0.25, -0.2) is 9.97 Å². The summed E-state index contributed by atoms with van der Waals surface area (Å²) in [5.41, 5.74) is 0.837. The van der Waals surface area contributed by atoms with E-state index in [4.69, 9.17) is 25.5 Å². The van der Waals surface area contributed by atoms with E-state index in [0.717, 1.165) is 0 Å². The van der Waals surface area contributed by atoms with Crippen LogP contribution in [-0.4, -0.2) is 52.0 Å². The molecule has 29 heavy (non-hydrogen) atoms. The van der Waals surface area contributed by atoms with Crippen LogP contribution in [0.5, 0.6) is 5.75 Å². The number of amides is 1. The molecule has 1 aromatic carbocycles. The summed E-state index contributed by atoms with van der Waals surface area (Å²) in [7, 11) is 0. The molecule has 1 amide bonds. The highest BCUT2D eigenvalue weighted by molar-refractivity contribution is 6.32. The first-order chi connectivity index (χ1) is 14.2. The van der Waals surface area contributed by atoms with Crippen LogP contribution < -0.4 is 10.1 Å². The van der Waals surface area contributed by atoms with Gasteiger partial charge in [0.25, 0.3) is 5.91 Å². The van der Waals surface area contributed by atoms with Crippen molar-refractivity contribution in [3.05, 3.63) is 48.0 Å². The van der Waals surface area contributed by atoms with Crippen molar-refractivity contribution in [3.8, 4) is 17.1 Å². The van der Waals surface area contributed by atoms with E-state index in [2.05, 4.69) is 20.4 Å². The van der Waals surface area contributed by atoms with Crippen molar-refractivity contribution in [2.45, 2.75) is 19.9 Å². The fourth-order valence-electron chi connectivity index (χ4n) is 2.60. The molecule has 1 N–H and O–H groups in total. The van der Waals surface area contributed by atoms with Gasteiger partial charge in [0.1, 0.15) is 25.0 Å². The first-order valence-corrected chi connectivity index (χ1v) is 9.61. The molecule has 0 saturated heterocycles. The second-order valence-electron chi connectivity index (χ2n) is 5.99. The summed E-state index contributed by atoms with van der Waals surface area (Å²) in [4.78, 5) is 20.4. The maximum Gasteiger partial charge on any atom is 0.273 e. The van der Waals surface area contributed by atoms with Gasteiger partial charge >= 0.3 is 0 Å². The first-order valence-electron chi connectivity index (χ1n) is 9.23. The Labute approximate surface area is 173 Å². The van der Waals surface area contributed by atoms with Crippen LogP contribution in [-0.2, 0) is 11.3 Å². The number of aromatic nitrogens is 4. The normalized spacial score (nSPS) is 10.8. The Hall–Kier alpha value is -2.91. The number of aryl methyl sites for hydroxylation is 1. The second kappa shape index (κ2) is 10.6.